The number of nitrogen functional groups attached to an aromatic ring is 1. The first kappa shape index (κ1) is 18.5. The second-order valence-corrected chi connectivity index (χ2v) is 6.85. The summed E-state index contributed by atoms with van der Waals surface area (Å²) < 4.78 is 16.6. The van der Waals surface area contributed by atoms with Crippen molar-refractivity contribution in [2.45, 2.75) is 38.9 Å². The van der Waals surface area contributed by atoms with Crippen molar-refractivity contribution in [1.82, 2.24) is 0 Å². The fourth-order valence-corrected chi connectivity index (χ4v) is 2.39. The quantitative estimate of drug-likeness (QED) is 0.498. The minimum Gasteiger partial charge on any atom is -0.465 e. The largest absolute Gasteiger partial charge is 0.492 e. The Kier molecular flexibility index (Phi) is 5.08. The van der Waals surface area contributed by atoms with Gasteiger partial charge in [0, 0.05) is 5.69 Å². The van der Waals surface area contributed by atoms with E-state index in [0.717, 1.165) is 0 Å². The topological polar surface area (TPSA) is 91.0 Å². The van der Waals surface area contributed by atoms with Gasteiger partial charge in [-0.05, 0) is 56.9 Å². The molecule has 1 fully saturated rings. The number of nitrogens with two attached hydrogens (primary N) is 1. The average Bonchev–Trinajstić information content (AvgIpc) is 2.71. The van der Waals surface area contributed by atoms with Crippen molar-refractivity contribution in [2.75, 3.05) is 19.5 Å². The number of anilines is 1. The minimum absolute atomic E-state index is 0.237. The summed E-state index contributed by atoms with van der Waals surface area (Å²) in [7, 11) is 0.646. The molecular formula is C17H24BNO5. The molecule has 130 valence electrons. The first-order valence-electron chi connectivity index (χ1n) is 7.75. The van der Waals surface area contributed by atoms with Gasteiger partial charge >= 0.3 is 13.1 Å². The van der Waals surface area contributed by atoms with Gasteiger partial charge in [-0.1, -0.05) is 6.08 Å². The van der Waals surface area contributed by atoms with Crippen molar-refractivity contribution >= 4 is 24.9 Å². The lowest BCUT2D eigenvalue weighted by Gasteiger charge is -2.32. The standard InChI is InChI=1S/C17H24BNO5/c1-16(2)17(3,4)24-18(23-16)13(10-20)7-11-6-12(15(21)22-5)9-14(19)8-11/h6-9,20H,10,19H2,1-5H3. The van der Waals surface area contributed by atoms with E-state index in [9.17, 15) is 9.90 Å². The summed E-state index contributed by atoms with van der Waals surface area (Å²) in [6.45, 7) is 7.53. The second-order valence-electron chi connectivity index (χ2n) is 6.85. The van der Waals surface area contributed by atoms with Crippen LogP contribution in [-0.4, -0.2) is 43.1 Å². The molecule has 0 aliphatic carbocycles. The van der Waals surface area contributed by atoms with Gasteiger partial charge in [0.25, 0.3) is 0 Å². The maximum atomic E-state index is 11.7. The Hall–Kier alpha value is -1.83. The van der Waals surface area contributed by atoms with Crippen molar-refractivity contribution in [3.8, 4) is 0 Å². The molecule has 1 heterocycles. The molecule has 1 aliphatic rings. The van der Waals surface area contributed by atoms with Crippen LogP contribution in [0.1, 0.15) is 43.6 Å². The van der Waals surface area contributed by atoms with Gasteiger partial charge in [0.05, 0.1) is 30.5 Å². The average molecular weight is 333 g/mol. The van der Waals surface area contributed by atoms with E-state index in [-0.39, 0.29) is 6.61 Å². The highest BCUT2D eigenvalue weighted by Gasteiger charge is 2.52. The monoisotopic (exact) mass is 333 g/mol. The van der Waals surface area contributed by atoms with Crippen LogP contribution in [0.4, 0.5) is 5.69 Å². The summed E-state index contributed by atoms with van der Waals surface area (Å²) in [5.41, 5.74) is 6.83. The molecular weight excluding hydrogens is 309 g/mol. The summed E-state index contributed by atoms with van der Waals surface area (Å²) in [5, 5.41) is 9.73. The lowest BCUT2D eigenvalue weighted by Crippen LogP contribution is -2.41. The summed E-state index contributed by atoms with van der Waals surface area (Å²) in [5.74, 6) is -0.474. The van der Waals surface area contributed by atoms with Crippen molar-refractivity contribution in [1.29, 1.82) is 0 Å². The van der Waals surface area contributed by atoms with Gasteiger partial charge in [0.1, 0.15) is 0 Å². The summed E-state index contributed by atoms with van der Waals surface area (Å²) in [6, 6.07) is 4.88. The Balaban J connectivity index is 2.35. The molecule has 0 unspecified atom stereocenters. The number of aliphatic hydroxyl groups is 1. The van der Waals surface area contributed by atoms with Gasteiger partial charge in [-0.25, -0.2) is 4.79 Å². The predicted molar refractivity (Wildman–Crippen MR) is 93.3 cm³/mol. The molecule has 6 nitrogen and oxygen atoms in total. The van der Waals surface area contributed by atoms with Crippen LogP contribution in [0.15, 0.2) is 23.7 Å². The normalized spacial score (nSPS) is 19.4. The van der Waals surface area contributed by atoms with Gasteiger partial charge in [-0.3, -0.25) is 0 Å². The molecule has 0 radical (unpaired) electrons. The van der Waals surface area contributed by atoms with Gasteiger partial charge in [-0.15, -0.1) is 0 Å². The zero-order valence-electron chi connectivity index (χ0n) is 14.8. The van der Waals surface area contributed by atoms with Crippen molar-refractivity contribution < 1.29 is 23.9 Å². The van der Waals surface area contributed by atoms with Crippen LogP contribution < -0.4 is 5.73 Å². The number of benzene rings is 1. The Bertz CT molecular complexity index is 653. The van der Waals surface area contributed by atoms with Crippen LogP contribution in [-0.2, 0) is 14.0 Å². The molecule has 0 atom stereocenters. The molecule has 1 saturated heterocycles. The molecule has 0 saturated carbocycles. The lowest BCUT2D eigenvalue weighted by atomic mass is 9.77. The summed E-state index contributed by atoms with van der Waals surface area (Å²) in [6.07, 6.45) is 1.71. The SMILES string of the molecule is COC(=O)c1cc(N)cc(C=C(CO)B2OC(C)(C)C(C)(C)O2)c1. The highest BCUT2D eigenvalue weighted by atomic mass is 16.7. The maximum absolute atomic E-state index is 11.7. The van der Waals surface area contributed by atoms with Crippen molar-refractivity contribution in [2.24, 2.45) is 0 Å². The third-order valence-corrected chi connectivity index (χ3v) is 4.49. The molecule has 2 rings (SSSR count). The molecule has 7 heteroatoms. The van der Waals surface area contributed by atoms with Crippen molar-refractivity contribution in [3.63, 3.8) is 0 Å². The maximum Gasteiger partial charge on any atom is 0.492 e. The van der Waals surface area contributed by atoms with E-state index in [1.54, 1.807) is 18.2 Å². The van der Waals surface area contributed by atoms with Gasteiger partial charge < -0.3 is 24.9 Å². The number of hydrogen-bond acceptors (Lipinski definition) is 6. The Morgan fingerprint density at radius 2 is 1.83 bits per heavy atom. The van der Waals surface area contributed by atoms with Crippen LogP contribution in [0.25, 0.3) is 6.08 Å². The number of rotatable bonds is 4. The number of carbonyl (C=O) groups is 1. The van der Waals surface area contributed by atoms with Gasteiger partial charge in [0.2, 0.25) is 0 Å². The number of esters is 1. The fourth-order valence-electron chi connectivity index (χ4n) is 2.39. The van der Waals surface area contributed by atoms with Crippen molar-refractivity contribution in [3.05, 3.63) is 34.8 Å². The van der Waals surface area contributed by atoms with E-state index in [1.807, 2.05) is 27.7 Å². The molecule has 1 aliphatic heterocycles. The highest BCUT2D eigenvalue weighted by Crippen LogP contribution is 2.38. The molecule has 1 aromatic carbocycles. The lowest BCUT2D eigenvalue weighted by molar-refractivity contribution is 0.00578. The third-order valence-electron chi connectivity index (χ3n) is 4.49. The molecule has 24 heavy (non-hydrogen) atoms. The number of carbonyl (C=O) groups excluding carboxylic acids is 1. The van der Waals surface area contributed by atoms with E-state index >= 15 is 0 Å². The smallest absolute Gasteiger partial charge is 0.465 e. The van der Waals surface area contributed by atoms with E-state index < -0.39 is 24.3 Å². The molecule has 0 bridgehead atoms. The number of aliphatic hydroxyl groups excluding tert-OH is 1. The Morgan fingerprint density at radius 3 is 2.33 bits per heavy atom. The van der Waals surface area contributed by atoms with E-state index in [2.05, 4.69) is 0 Å². The molecule has 3 N–H and O–H groups in total. The highest BCUT2D eigenvalue weighted by molar-refractivity contribution is 6.55. The van der Waals surface area contributed by atoms with Crippen LogP contribution >= 0.6 is 0 Å². The Morgan fingerprint density at radius 1 is 1.25 bits per heavy atom. The molecule has 0 amide bonds. The van der Waals surface area contributed by atoms with Gasteiger partial charge in [-0.2, -0.15) is 0 Å². The summed E-state index contributed by atoms with van der Waals surface area (Å²) in [4.78, 5) is 11.7. The zero-order valence-corrected chi connectivity index (χ0v) is 14.8. The fraction of sp³-hybridized carbons (Fsp3) is 0.471. The van der Waals surface area contributed by atoms with Crippen LogP contribution in [0.2, 0.25) is 0 Å². The number of hydrogen-bond donors (Lipinski definition) is 2. The molecule has 0 spiro atoms. The van der Waals surface area contributed by atoms with E-state index in [1.165, 1.54) is 13.2 Å². The zero-order chi connectivity index (χ0) is 18.1. The van der Waals surface area contributed by atoms with E-state index in [4.69, 9.17) is 19.8 Å². The third kappa shape index (κ3) is 3.63. The Labute approximate surface area is 142 Å². The number of ether oxygens (including phenoxy) is 1. The first-order chi connectivity index (χ1) is 11.1. The molecule has 0 aromatic heterocycles. The molecule has 1 aromatic rings. The summed E-state index contributed by atoms with van der Waals surface area (Å²) >= 11 is 0. The van der Waals surface area contributed by atoms with E-state index in [0.29, 0.717) is 22.3 Å². The van der Waals surface area contributed by atoms with Crippen LogP contribution in [0.5, 0.6) is 0 Å². The van der Waals surface area contributed by atoms with Crippen LogP contribution in [0, 0.1) is 0 Å². The number of methoxy groups -OCH3 is 1. The van der Waals surface area contributed by atoms with Crippen LogP contribution in [0.3, 0.4) is 0 Å². The van der Waals surface area contributed by atoms with Gasteiger partial charge in [0.15, 0.2) is 0 Å². The predicted octanol–water partition coefficient (Wildman–Crippen LogP) is 2.06. The second kappa shape index (κ2) is 6.59. The first-order valence-corrected chi connectivity index (χ1v) is 7.75. The minimum atomic E-state index is -0.664.